The SMILES string of the molecule is O=C1SC(=Cc2ccc(O)c(Br)c2)C(=O)N1c1ccccc1. The quantitative estimate of drug-likeness (QED) is 0.790. The van der Waals surface area contributed by atoms with Gasteiger partial charge < -0.3 is 5.11 Å². The third-order valence-electron chi connectivity index (χ3n) is 3.08. The van der Waals surface area contributed by atoms with Gasteiger partial charge in [0.15, 0.2) is 0 Å². The highest BCUT2D eigenvalue weighted by Gasteiger charge is 2.36. The first-order valence-electron chi connectivity index (χ1n) is 6.38. The maximum Gasteiger partial charge on any atom is 0.298 e. The number of imide groups is 1. The van der Waals surface area contributed by atoms with E-state index in [2.05, 4.69) is 15.9 Å². The van der Waals surface area contributed by atoms with Crippen LogP contribution in [0, 0.1) is 0 Å². The molecule has 0 saturated carbocycles. The van der Waals surface area contributed by atoms with Crippen molar-refractivity contribution in [2.24, 2.45) is 0 Å². The molecule has 1 aliphatic heterocycles. The molecule has 2 amide bonds. The van der Waals surface area contributed by atoms with Crippen LogP contribution in [-0.4, -0.2) is 16.3 Å². The number of halogens is 1. The third kappa shape index (κ3) is 2.80. The molecule has 1 N–H and O–H groups in total. The Balaban J connectivity index is 1.93. The summed E-state index contributed by atoms with van der Waals surface area (Å²) in [5.74, 6) is -0.222. The van der Waals surface area contributed by atoms with Gasteiger partial charge in [0, 0.05) is 0 Å². The van der Waals surface area contributed by atoms with Gasteiger partial charge in [-0.15, -0.1) is 0 Å². The average molecular weight is 376 g/mol. The molecule has 4 nitrogen and oxygen atoms in total. The van der Waals surface area contributed by atoms with Gasteiger partial charge in [0.1, 0.15) is 5.75 Å². The number of rotatable bonds is 2. The summed E-state index contributed by atoms with van der Waals surface area (Å²) in [5.41, 5.74) is 1.28. The van der Waals surface area contributed by atoms with Crippen molar-refractivity contribution < 1.29 is 14.7 Å². The number of hydrogen-bond donors (Lipinski definition) is 1. The fraction of sp³-hybridized carbons (Fsp3) is 0. The van der Waals surface area contributed by atoms with E-state index in [1.54, 1.807) is 42.5 Å². The Morgan fingerprint density at radius 1 is 1.09 bits per heavy atom. The number of carbonyl (C=O) groups is 2. The lowest BCUT2D eigenvalue weighted by Gasteiger charge is -2.11. The monoisotopic (exact) mass is 375 g/mol. The summed E-state index contributed by atoms with van der Waals surface area (Å²) in [4.78, 5) is 26.0. The molecule has 2 aromatic carbocycles. The van der Waals surface area contributed by atoms with Crippen molar-refractivity contribution in [3.05, 3.63) is 63.5 Å². The molecule has 0 aromatic heterocycles. The lowest BCUT2D eigenvalue weighted by molar-refractivity contribution is -0.113. The van der Waals surface area contributed by atoms with Crippen molar-refractivity contribution in [3.8, 4) is 5.75 Å². The second-order valence-electron chi connectivity index (χ2n) is 4.56. The van der Waals surface area contributed by atoms with E-state index in [0.717, 1.165) is 22.2 Å². The Morgan fingerprint density at radius 2 is 1.82 bits per heavy atom. The molecule has 0 radical (unpaired) electrons. The number of anilines is 1. The van der Waals surface area contributed by atoms with E-state index in [1.807, 2.05) is 6.07 Å². The molecule has 22 heavy (non-hydrogen) atoms. The zero-order valence-electron chi connectivity index (χ0n) is 11.2. The largest absolute Gasteiger partial charge is 0.507 e. The molecule has 6 heteroatoms. The standard InChI is InChI=1S/C16H10BrNO3S/c17-12-8-10(6-7-13(12)19)9-14-15(20)18(16(21)22-14)11-4-2-1-3-5-11/h1-9,19H. The summed E-state index contributed by atoms with van der Waals surface area (Å²) >= 11 is 4.12. The van der Waals surface area contributed by atoms with Crippen LogP contribution in [-0.2, 0) is 4.79 Å². The van der Waals surface area contributed by atoms with E-state index in [-0.39, 0.29) is 16.9 Å². The maximum atomic E-state index is 12.4. The van der Waals surface area contributed by atoms with E-state index >= 15 is 0 Å². The first kappa shape index (κ1) is 14.9. The predicted octanol–water partition coefficient (Wildman–Crippen LogP) is 4.40. The number of phenolic OH excluding ortho intramolecular Hbond substituents is 1. The Bertz CT molecular complexity index is 789. The van der Waals surface area contributed by atoms with Crippen LogP contribution >= 0.6 is 27.7 Å². The van der Waals surface area contributed by atoms with Crippen molar-refractivity contribution >= 4 is 50.6 Å². The van der Waals surface area contributed by atoms with Crippen LogP contribution in [0.5, 0.6) is 5.75 Å². The van der Waals surface area contributed by atoms with Gasteiger partial charge in [-0.05, 0) is 63.6 Å². The number of aromatic hydroxyl groups is 1. The number of nitrogens with zero attached hydrogens (tertiary/aromatic N) is 1. The Kier molecular flexibility index (Phi) is 4.04. The molecule has 2 aromatic rings. The zero-order valence-corrected chi connectivity index (χ0v) is 13.6. The van der Waals surface area contributed by atoms with Gasteiger partial charge in [-0.3, -0.25) is 9.59 Å². The molecule has 1 aliphatic rings. The van der Waals surface area contributed by atoms with Crippen LogP contribution in [0.15, 0.2) is 57.9 Å². The second kappa shape index (κ2) is 5.98. The fourth-order valence-electron chi connectivity index (χ4n) is 2.03. The van der Waals surface area contributed by atoms with Crippen molar-refractivity contribution in [3.63, 3.8) is 0 Å². The molecule has 1 fully saturated rings. The molecule has 3 rings (SSSR count). The minimum absolute atomic E-state index is 0.120. The maximum absolute atomic E-state index is 12.4. The highest BCUT2D eigenvalue weighted by Crippen LogP contribution is 2.36. The number of phenols is 1. The van der Waals surface area contributed by atoms with Gasteiger partial charge in [-0.1, -0.05) is 24.3 Å². The number of carbonyl (C=O) groups excluding carboxylic acids is 2. The highest BCUT2D eigenvalue weighted by atomic mass is 79.9. The van der Waals surface area contributed by atoms with Crippen LogP contribution in [0.4, 0.5) is 10.5 Å². The number of benzene rings is 2. The molecule has 0 spiro atoms. The fourth-order valence-corrected chi connectivity index (χ4v) is 3.27. The Morgan fingerprint density at radius 3 is 2.50 bits per heavy atom. The minimum Gasteiger partial charge on any atom is -0.507 e. The molecular weight excluding hydrogens is 366 g/mol. The summed E-state index contributed by atoms with van der Waals surface area (Å²) in [6, 6.07) is 13.7. The smallest absolute Gasteiger partial charge is 0.298 e. The molecule has 0 atom stereocenters. The lowest BCUT2D eigenvalue weighted by atomic mass is 10.2. The average Bonchev–Trinajstić information content (AvgIpc) is 2.78. The summed E-state index contributed by atoms with van der Waals surface area (Å²) in [7, 11) is 0. The molecule has 110 valence electrons. The van der Waals surface area contributed by atoms with Crippen molar-refractivity contribution in [2.75, 3.05) is 4.90 Å². The van der Waals surface area contributed by atoms with Gasteiger partial charge >= 0.3 is 0 Å². The number of hydrogen-bond acceptors (Lipinski definition) is 4. The van der Waals surface area contributed by atoms with Gasteiger partial charge in [0.2, 0.25) is 0 Å². The molecule has 0 aliphatic carbocycles. The van der Waals surface area contributed by atoms with Crippen molar-refractivity contribution in [1.29, 1.82) is 0 Å². The third-order valence-corrected chi connectivity index (χ3v) is 4.58. The van der Waals surface area contributed by atoms with Gasteiger partial charge in [0.05, 0.1) is 15.1 Å². The van der Waals surface area contributed by atoms with Crippen molar-refractivity contribution in [2.45, 2.75) is 0 Å². The molecule has 1 heterocycles. The summed E-state index contributed by atoms with van der Waals surface area (Å²) < 4.78 is 0.531. The number of thioether (sulfide) groups is 1. The molecular formula is C16H10BrNO3S. The molecule has 0 bridgehead atoms. The Hall–Kier alpha value is -2.05. The number of amides is 2. The first-order chi connectivity index (χ1) is 10.6. The minimum atomic E-state index is -0.342. The molecule has 1 saturated heterocycles. The summed E-state index contributed by atoms with van der Waals surface area (Å²) in [5, 5.41) is 9.17. The topological polar surface area (TPSA) is 57.6 Å². The van der Waals surface area contributed by atoms with Crippen LogP contribution in [0.25, 0.3) is 6.08 Å². The second-order valence-corrected chi connectivity index (χ2v) is 6.41. The summed E-state index contributed by atoms with van der Waals surface area (Å²) in [6.07, 6.45) is 1.64. The first-order valence-corrected chi connectivity index (χ1v) is 7.99. The normalized spacial score (nSPS) is 16.6. The van der Waals surface area contributed by atoms with E-state index in [0.29, 0.717) is 15.1 Å². The highest BCUT2D eigenvalue weighted by molar-refractivity contribution is 9.10. The van der Waals surface area contributed by atoms with Gasteiger partial charge in [-0.2, -0.15) is 0 Å². The van der Waals surface area contributed by atoms with Crippen LogP contribution in [0.3, 0.4) is 0 Å². The van der Waals surface area contributed by atoms with E-state index in [9.17, 15) is 14.7 Å². The molecule has 0 unspecified atom stereocenters. The van der Waals surface area contributed by atoms with Crippen LogP contribution in [0.2, 0.25) is 0 Å². The summed E-state index contributed by atoms with van der Waals surface area (Å²) in [6.45, 7) is 0. The van der Waals surface area contributed by atoms with Crippen LogP contribution < -0.4 is 4.90 Å². The lowest BCUT2D eigenvalue weighted by Crippen LogP contribution is -2.27. The zero-order chi connectivity index (χ0) is 15.7. The van der Waals surface area contributed by atoms with Gasteiger partial charge in [-0.25, -0.2) is 4.90 Å². The number of para-hydroxylation sites is 1. The van der Waals surface area contributed by atoms with Crippen molar-refractivity contribution in [1.82, 2.24) is 0 Å². The van der Waals surface area contributed by atoms with E-state index in [4.69, 9.17) is 0 Å². The van der Waals surface area contributed by atoms with E-state index < -0.39 is 0 Å². The van der Waals surface area contributed by atoms with Gasteiger partial charge in [0.25, 0.3) is 11.1 Å². The predicted molar refractivity (Wildman–Crippen MR) is 90.7 cm³/mol. The Labute approximate surface area is 139 Å². The van der Waals surface area contributed by atoms with Crippen LogP contribution in [0.1, 0.15) is 5.56 Å². The van der Waals surface area contributed by atoms with E-state index in [1.165, 1.54) is 6.07 Å².